The van der Waals surface area contributed by atoms with Crippen molar-refractivity contribution in [2.45, 2.75) is 77.6 Å². The van der Waals surface area contributed by atoms with Gasteiger partial charge in [-0.15, -0.1) is 0 Å². The van der Waals surface area contributed by atoms with Crippen molar-refractivity contribution in [3.8, 4) is 0 Å². The Hall–Kier alpha value is 1.37. The molecule has 0 saturated carbocycles. The monoisotopic (exact) mass is 318 g/mol. The van der Waals surface area contributed by atoms with Crippen molar-refractivity contribution in [1.29, 1.82) is 0 Å². The fraction of sp³-hybridized carbons (Fsp3) is 1.00. The first-order valence-corrected chi connectivity index (χ1v) is 8.69. The summed E-state index contributed by atoms with van der Waals surface area (Å²) in [6.07, 6.45) is 13.1. The smallest absolute Gasteiger partial charge is 0.790 e. The summed E-state index contributed by atoms with van der Waals surface area (Å²) in [4.78, 5) is 20.3. The molecule has 110 valence electrons. The van der Waals surface area contributed by atoms with Crippen LogP contribution in [-0.4, -0.2) is 44.3 Å². The minimum atomic E-state index is -4.75. The molecule has 0 atom stereocenters. The summed E-state index contributed by atoms with van der Waals surface area (Å²) in [6, 6.07) is 0. The van der Waals surface area contributed by atoms with Crippen molar-refractivity contribution >= 4 is 45.6 Å². The van der Waals surface area contributed by atoms with Gasteiger partial charge in [0.1, 0.15) is 0 Å². The van der Waals surface area contributed by atoms with Gasteiger partial charge in [0.05, 0.1) is 14.4 Å². The first-order chi connectivity index (χ1) is 8.56. The van der Waals surface area contributed by atoms with Crippen LogP contribution in [-0.2, 0) is 9.09 Å². The Kier molecular flexibility index (Phi) is 18.8. The van der Waals surface area contributed by atoms with Crippen LogP contribution in [0.5, 0.6) is 0 Å². The van der Waals surface area contributed by atoms with Gasteiger partial charge in [-0.25, -0.2) is 0 Å². The summed E-state index contributed by atoms with van der Waals surface area (Å²) in [5.41, 5.74) is 0. The molecule has 0 unspecified atom stereocenters. The minimum Gasteiger partial charge on any atom is -0.790 e. The second-order valence-corrected chi connectivity index (χ2v) is 5.97. The number of unbranched alkanes of at least 4 members (excludes halogenated alkanes) is 10. The van der Waals surface area contributed by atoms with E-state index in [2.05, 4.69) is 11.4 Å². The van der Waals surface area contributed by atoms with Crippen molar-refractivity contribution in [3.63, 3.8) is 0 Å². The molecule has 0 saturated heterocycles. The number of phosphoric ester groups is 1. The van der Waals surface area contributed by atoms with E-state index in [-0.39, 0.29) is 44.3 Å². The minimum absolute atomic E-state index is 0. The Morgan fingerprint density at radius 2 is 1.16 bits per heavy atom. The standard InChI is InChI=1S/C13H29O4P.Ca/c1-2-3-4-5-6-7-8-9-10-11-12-13-17-18(14,15)16;/h2-13H2,1H3,(H2,14,15,16);/q;+2/p-2. The van der Waals surface area contributed by atoms with E-state index in [1.165, 1.54) is 51.4 Å². The molecule has 0 radical (unpaired) electrons. The van der Waals surface area contributed by atoms with Crippen LogP contribution in [0.3, 0.4) is 0 Å². The molecule has 0 aliphatic rings. The molecule has 0 rings (SSSR count). The van der Waals surface area contributed by atoms with Crippen LogP contribution in [0.25, 0.3) is 0 Å². The van der Waals surface area contributed by atoms with Crippen LogP contribution < -0.4 is 9.79 Å². The van der Waals surface area contributed by atoms with Crippen LogP contribution in [0.15, 0.2) is 0 Å². The second-order valence-electron chi connectivity index (χ2n) is 4.82. The van der Waals surface area contributed by atoms with E-state index in [9.17, 15) is 14.4 Å². The Balaban J connectivity index is 0. The van der Waals surface area contributed by atoms with Crippen molar-refractivity contribution in [1.82, 2.24) is 0 Å². The molecular weight excluding hydrogens is 291 g/mol. The first kappa shape index (κ1) is 22.6. The predicted octanol–water partition coefficient (Wildman–Crippen LogP) is 2.76. The summed E-state index contributed by atoms with van der Waals surface area (Å²) in [6.45, 7) is 2.27. The molecule has 0 aliphatic carbocycles. The fourth-order valence-electron chi connectivity index (χ4n) is 1.94. The zero-order valence-corrected chi connectivity index (χ0v) is 15.4. The van der Waals surface area contributed by atoms with E-state index < -0.39 is 7.82 Å². The van der Waals surface area contributed by atoms with Gasteiger partial charge in [-0.05, 0) is 6.42 Å². The van der Waals surface area contributed by atoms with Gasteiger partial charge in [-0.3, -0.25) is 0 Å². The van der Waals surface area contributed by atoms with Gasteiger partial charge in [0, 0.05) is 0 Å². The quantitative estimate of drug-likeness (QED) is 0.297. The number of phosphoric acid groups is 1. The van der Waals surface area contributed by atoms with Crippen LogP contribution >= 0.6 is 7.82 Å². The van der Waals surface area contributed by atoms with E-state index in [1.807, 2.05) is 0 Å². The van der Waals surface area contributed by atoms with Crippen LogP contribution in [0.2, 0.25) is 0 Å². The molecule has 6 heteroatoms. The largest absolute Gasteiger partial charge is 2.00 e. The maximum Gasteiger partial charge on any atom is 2.00 e. The summed E-state index contributed by atoms with van der Waals surface area (Å²) < 4.78 is 14.3. The van der Waals surface area contributed by atoms with Crippen molar-refractivity contribution in [3.05, 3.63) is 0 Å². The van der Waals surface area contributed by atoms with Gasteiger partial charge < -0.3 is 18.9 Å². The average molecular weight is 318 g/mol. The Morgan fingerprint density at radius 1 is 0.789 bits per heavy atom. The van der Waals surface area contributed by atoms with E-state index in [0.717, 1.165) is 12.8 Å². The van der Waals surface area contributed by atoms with Crippen molar-refractivity contribution < 1.29 is 18.9 Å². The normalized spacial score (nSPS) is 11.3. The molecule has 0 N–H and O–H groups in total. The topological polar surface area (TPSA) is 72.4 Å². The Labute approximate surface area is 147 Å². The zero-order chi connectivity index (χ0) is 13.7. The molecule has 0 aromatic heterocycles. The van der Waals surface area contributed by atoms with E-state index in [4.69, 9.17) is 0 Å². The molecule has 0 aromatic carbocycles. The Bertz CT molecular complexity index is 221. The SMILES string of the molecule is CCCCCCCCCCCCCOP(=O)([O-])[O-].[Ca+2]. The molecule has 0 aromatic rings. The van der Waals surface area contributed by atoms with Crippen molar-refractivity contribution in [2.24, 2.45) is 0 Å². The molecule has 0 spiro atoms. The third-order valence-electron chi connectivity index (χ3n) is 3.00. The van der Waals surface area contributed by atoms with Crippen LogP contribution in [0.4, 0.5) is 0 Å². The zero-order valence-electron chi connectivity index (χ0n) is 12.3. The summed E-state index contributed by atoms with van der Waals surface area (Å²) in [5, 5.41) is 0. The molecule has 4 nitrogen and oxygen atoms in total. The average Bonchev–Trinajstić information content (AvgIpc) is 2.29. The molecule has 0 aliphatic heterocycles. The van der Waals surface area contributed by atoms with Crippen LogP contribution in [0, 0.1) is 0 Å². The van der Waals surface area contributed by atoms with Crippen LogP contribution in [0.1, 0.15) is 77.6 Å². The van der Waals surface area contributed by atoms with Gasteiger partial charge in [0.2, 0.25) is 0 Å². The number of hydrogen-bond donors (Lipinski definition) is 0. The van der Waals surface area contributed by atoms with Gasteiger partial charge in [-0.2, -0.15) is 0 Å². The maximum absolute atomic E-state index is 10.2. The predicted molar refractivity (Wildman–Crippen MR) is 75.8 cm³/mol. The maximum atomic E-state index is 10.2. The van der Waals surface area contributed by atoms with Gasteiger partial charge in [-0.1, -0.05) is 71.1 Å². The van der Waals surface area contributed by atoms with Crippen molar-refractivity contribution in [2.75, 3.05) is 6.61 Å². The van der Waals surface area contributed by atoms with Gasteiger partial charge in [0.15, 0.2) is 0 Å². The van der Waals surface area contributed by atoms with Gasteiger partial charge >= 0.3 is 37.7 Å². The molecule has 0 heterocycles. The number of rotatable bonds is 13. The van der Waals surface area contributed by atoms with E-state index in [0.29, 0.717) is 6.42 Å². The second kappa shape index (κ2) is 15.8. The molecule has 0 amide bonds. The van der Waals surface area contributed by atoms with E-state index >= 15 is 0 Å². The fourth-order valence-corrected chi connectivity index (χ4v) is 2.30. The summed E-state index contributed by atoms with van der Waals surface area (Å²) in [7, 11) is -4.75. The molecule has 19 heavy (non-hydrogen) atoms. The summed E-state index contributed by atoms with van der Waals surface area (Å²) in [5.74, 6) is 0. The third-order valence-corrected chi connectivity index (χ3v) is 3.50. The first-order valence-electron chi connectivity index (χ1n) is 7.23. The molecular formula is C13H27CaO4P. The summed E-state index contributed by atoms with van der Waals surface area (Å²) >= 11 is 0. The Morgan fingerprint density at radius 3 is 1.53 bits per heavy atom. The number of hydrogen-bond acceptors (Lipinski definition) is 4. The van der Waals surface area contributed by atoms with E-state index in [1.54, 1.807) is 0 Å². The molecule has 0 bridgehead atoms. The van der Waals surface area contributed by atoms with Gasteiger partial charge in [0.25, 0.3) is 0 Å². The molecule has 0 fully saturated rings. The third kappa shape index (κ3) is 21.8.